The molecule has 0 fully saturated rings. The van der Waals surface area contributed by atoms with Gasteiger partial charge in [-0.2, -0.15) is 0 Å². The van der Waals surface area contributed by atoms with Crippen LogP contribution in [-0.2, 0) is 0 Å². The topological polar surface area (TPSA) is 75.5 Å². The van der Waals surface area contributed by atoms with E-state index in [0.717, 1.165) is 12.1 Å². The normalized spacial score (nSPS) is 11.4. The van der Waals surface area contributed by atoms with Crippen LogP contribution in [0.25, 0.3) is 5.52 Å². The molecule has 0 saturated heterocycles. The molecule has 27 heavy (non-hydrogen) atoms. The summed E-state index contributed by atoms with van der Waals surface area (Å²) < 4.78 is 27.9. The lowest BCUT2D eigenvalue weighted by atomic mass is 10.1. The molecule has 0 spiro atoms. The Bertz CT molecular complexity index is 1040. The summed E-state index contributed by atoms with van der Waals surface area (Å²) in [6, 6.07) is 8.08. The molecular formula is C19H18F2N4O2. The van der Waals surface area contributed by atoms with Gasteiger partial charge in [0.1, 0.15) is 0 Å². The fraction of sp³-hybridized carbons (Fsp3) is 0.211. The van der Waals surface area contributed by atoms with Gasteiger partial charge in [-0.15, -0.1) is 0 Å². The first-order valence-corrected chi connectivity index (χ1v) is 8.22. The number of halogens is 2. The number of carbonyl (C=O) groups excluding carboxylic acids is 2. The lowest BCUT2D eigenvalue weighted by Crippen LogP contribution is -2.41. The van der Waals surface area contributed by atoms with Crippen molar-refractivity contribution in [1.82, 2.24) is 14.7 Å². The van der Waals surface area contributed by atoms with Gasteiger partial charge in [0.15, 0.2) is 17.3 Å². The van der Waals surface area contributed by atoms with Crippen molar-refractivity contribution >= 4 is 23.0 Å². The smallest absolute Gasteiger partial charge is 0.288 e. The Kier molecular flexibility index (Phi) is 4.65. The zero-order valence-corrected chi connectivity index (χ0v) is 15.0. The fourth-order valence-electron chi connectivity index (χ4n) is 2.53. The SMILES string of the molecule is CC(C)(C)NC(=O)c1nc(C(=O)Nc2ccc(F)c(F)c2)c2ccccn12. The molecule has 2 N–H and O–H groups in total. The molecule has 2 aromatic heterocycles. The molecule has 1 aromatic carbocycles. The highest BCUT2D eigenvalue weighted by atomic mass is 19.2. The van der Waals surface area contributed by atoms with E-state index in [1.165, 1.54) is 10.5 Å². The maximum Gasteiger partial charge on any atom is 0.288 e. The van der Waals surface area contributed by atoms with Crippen molar-refractivity contribution in [2.45, 2.75) is 26.3 Å². The van der Waals surface area contributed by atoms with Crippen molar-refractivity contribution < 1.29 is 18.4 Å². The van der Waals surface area contributed by atoms with Crippen molar-refractivity contribution in [2.24, 2.45) is 0 Å². The summed E-state index contributed by atoms with van der Waals surface area (Å²) in [5.74, 6) is -3.11. The van der Waals surface area contributed by atoms with Gasteiger partial charge in [0.05, 0.1) is 5.52 Å². The number of benzene rings is 1. The molecule has 0 aliphatic heterocycles. The van der Waals surface area contributed by atoms with Crippen LogP contribution in [0, 0.1) is 11.6 Å². The molecule has 0 aliphatic rings. The highest BCUT2D eigenvalue weighted by molar-refractivity contribution is 6.09. The van der Waals surface area contributed by atoms with E-state index in [1.54, 1.807) is 24.4 Å². The first kappa shape index (κ1) is 18.5. The second-order valence-corrected chi connectivity index (χ2v) is 7.03. The first-order chi connectivity index (χ1) is 12.7. The van der Waals surface area contributed by atoms with Crippen LogP contribution in [0.3, 0.4) is 0 Å². The number of imidazole rings is 1. The van der Waals surface area contributed by atoms with Crippen molar-refractivity contribution in [1.29, 1.82) is 0 Å². The average molecular weight is 372 g/mol. The Morgan fingerprint density at radius 3 is 2.44 bits per heavy atom. The van der Waals surface area contributed by atoms with Crippen LogP contribution in [0.15, 0.2) is 42.6 Å². The monoisotopic (exact) mass is 372 g/mol. The lowest BCUT2D eigenvalue weighted by Gasteiger charge is -2.19. The van der Waals surface area contributed by atoms with Gasteiger partial charge in [-0.1, -0.05) is 6.07 Å². The summed E-state index contributed by atoms with van der Waals surface area (Å²) in [5.41, 5.74) is 0.0129. The number of pyridine rings is 1. The van der Waals surface area contributed by atoms with E-state index in [4.69, 9.17) is 0 Å². The highest BCUT2D eigenvalue weighted by Gasteiger charge is 2.24. The number of nitrogens with one attached hydrogen (secondary N) is 2. The summed E-state index contributed by atoms with van der Waals surface area (Å²) in [6.45, 7) is 5.49. The van der Waals surface area contributed by atoms with Crippen molar-refractivity contribution in [3.05, 3.63) is 65.7 Å². The van der Waals surface area contributed by atoms with E-state index in [0.29, 0.717) is 5.52 Å². The number of nitrogens with zero attached hydrogens (tertiary/aromatic N) is 2. The van der Waals surface area contributed by atoms with Crippen molar-refractivity contribution in [2.75, 3.05) is 5.32 Å². The average Bonchev–Trinajstić information content (AvgIpc) is 2.97. The van der Waals surface area contributed by atoms with Gasteiger partial charge in [0.2, 0.25) is 5.82 Å². The third-order valence-electron chi connectivity index (χ3n) is 3.63. The number of aromatic nitrogens is 2. The lowest BCUT2D eigenvalue weighted by molar-refractivity contribution is 0.0908. The highest BCUT2D eigenvalue weighted by Crippen LogP contribution is 2.18. The van der Waals surface area contributed by atoms with Crippen LogP contribution in [-0.4, -0.2) is 26.7 Å². The van der Waals surface area contributed by atoms with Crippen LogP contribution in [0.1, 0.15) is 41.9 Å². The molecule has 3 aromatic rings. The Labute approximate surface area is 154 Å². The number of hydrogen-bond acceptors (Lipinski definition) is 3. The van der Waals surface area contributed by atoms with Crippen molar-refractivity contribution in [3.63, 3.8) is 0 Å². The van der Waals surface area contributed by atoms with Gasteiger partial charge >= 0.3 is 0 Å². The number of rotatable bonds is 3. The standard InChI is InChI=1S/C19H18F2N4O2/c1-19(2,3)24-18(27)16-23-15(14-6-4-5-9-25(14)16)17(26)22-11-7-8-12(20)13(21)10-11/h4-10H,1-3H3,(H,22,26)(H,24,27). The van der Waals surface area contributed by atoms with Crippen LogP contribution >= 0.6 is 0 Å². The Morgan fingerprint density at radius 1 is 1.04 bits per heavy atom. The molecule has 8 heteroatoms. The zero-order valence-electron chi connectivity index (χ0n) is 15.0. The van der Waals surface area contributed by atoms with Gasteiger partial charge in [0, 0.05) is 23.5 Å². The maximum atomic E-state index is 13.4. The number of hydrogen-bond donors (Lipinski definition) is 2. The fourth-order valence-corrected chi connectivity index (χ4v) is 2.53. The molecule has 6 nitrogen and oxygen atoms in total. The molecule has 0 aliphatic carbocycles. The predicted octanol–water partition coefficient (Wildman–Crippen LogP) is 3.39. The third kappa shape index (κ3) is 3.94. The summed E-state index contributed by atoms with van der Waals surface area (Å²) in [6.07, 6.45) is 1.62. The third-order valence-corrected chi connectivity index (χ3v) is 3.63. The predicted molar refractivity (Wildman–Crippen MR) is 96.7 cm³/mol. The molecular weight excluding hydrogens is 354 g/mol. The van der Waals surface area contributed by atoms with Gasteiger partial charge in [-0.05, 0) is 45.0 Å². The minimum atomic E-state index is -1.08. The zero-order chi connectivity index (χ0) is 19.8. The van der Waals surface area contributed by atoms with Crippen LogP contribution < -0.4 is 10.6 Å². The molecule has 0 saturated carbocycles. The van der Waals surface area contributed by atoms with E-state index in [1.807, 2.05) is 20.8 Å². The Balaban J connectivity index is 1.98. The van der Waals surface area contributed by atoms with E-state index in [9.17, 15) is 18.4 Å². The van der Waals surface area contributed by atoms with Gasteiger partial charge in [-0.25, -0.2) is 13.8 Å². The summed E-state index contributed by atoms with van der Waals surface area (Å²) in [4.78, 5) is 29.3. The Morgan fingerprint density at radius 2 is 1.78 bits per heavy atom. The molecule has 3 rings (SSSR count). The molecule has 0 unspecified atom stereocenters. The van der Waals surface area contributed by atoms with E-state index >= 15 is 0 Å². The quantitative estimate of drug-likeness (QED) is 0.740. The molecule has 2 amide bonds. The van der Waals surface area contributed by atoms with E-state index in [2.05, 4.69) is 15.6 Å². The van der Waals surface area contributed by atoms with Crippen LogP contribution in [0.2, 0.25) is 0 Å². The van der Waals surface area contributed by atoms with Crippen molar-refractivity contribution in [3.8, 4) is 0 Å². The largest absolute Gasteiger partial charge is 0.345 e. The summed E-state index contributed by atoms with van der Waals surface area (Å²) in [7, 11) is 0. The maximum absolute atomic E-state index is 13.4. The van der Waals surface area contributed by atoms with E-state index < -0.39 is 29.0 Å². The number of amides is 2. The van der Waals surface area contributed by atoms with Crippen LogP contribution in [0.5, 0.6) is 0 Å². The van der Waals surface area contributed by atoms with E-state index in [-0.39, 0.29) is 17.2 Å². The molecule has 2 heterocycles. The number of anilines is 1. The van der Waals surface area contributed by atoms with Gasteiger partial charge in [-0.3, -0.25) is 14.0 Å². The molecule has 0 radical (unpaired) electrons. The number of fused-ring (bicyclic) bond motifs is 1. The second-order valence-electron chi connectivity index (χ2n) is 7.03. The molecule has 140 valence electrons. The van der Waals surface area contributed by atoms with Crippen LogP contribution in [0.4, 0.5) is 14.5 Å². The molecule has 0 bridgehead atoms. The number of carbonyl (C=O) groups is 2. The summed E-state index contributed by atoms with van der Waals surface area (Å²) in [5, 5.41) is 5.26. The minimum Gasteiger partial charge on any atom is -0.345 e. The first-order valence-electron chi connectivity index (χ1n) is 8.22. The summed E-state index contributed by atoms with van der Waals surface area (Å²) >= 11 is 0. The van der Waals surface area contributed by atoms with Gasteiger partial charge < -0.3 is 10.6 Å². The second kappa shape index (κ2) is 6.79. The van der Waals surface area contributed by atoms with Gasteiger partial charge in [0.25, 0.3) is 11.8 Å². The Hall–Kier alpha value is -3.29. The minimum absolute atomic E-state index is 0.000563. The molecule has 0 atom stereocenters.